The van der Waals surface area contributed by atoms with E-state index in [0.29, 0.717) is 6.61 Å². The zero-order valence-corrected chi connectivity index (χ0v) is 17.2. The Balaban J connectivity index is 2.05. The number of aliphatic hydroxyl groups excluding tert-OH is 1. The smallest absolute Gasteiger partial charge is 0.163 e. The number of ether oxygens (including phenoxy) is 2. The molecule has 3 nitrogen and oxygen atoms in total. The van der Waals surface area contributed by atoms with Gasteiger partial charge in [-0.05, 0) is 25.3 Å². The predicted molar refractivity (Wildman–Crippen MR) is 109 cm³/mol. The summed E-state index contributed by atoms with van der Waals surface area (Å²) in [5.74, 6) is -0.524. The highest BCUT2D eigenvalue weighted by Gasteiger charge is 2.51. The molecule has 0 radical (unpaired) electrons. The second-order valence-electron chi connectivity index (χ2n) is 8.33. The molecule has 26 heavy (non-hydrogen) atoms. The maximum atomic E-state index is 10.8. The zero-order valence-electron chi connectivity index (χ0n) is 16.2. The van der Waals surface area contributed by atoms with Gasteiger partial charge in [-0.25, -0.2) is 0 Å². The predicted octanol–water partition coefficient (Wildman–Crippen LogP) is 3.10. The summed E-state index contributed by atoms with van der Waals surface area (Å²) in [6.07, 6.45) is 1.07. The maximum Gasteiger partial charge on any atom is 0.163 e. The fourth-order valence-corrected chi connectivity index (χ4v) is 9.19. The summed E-state index contributed by atoms with van der Waals surface area (Å²) in [6.45, 7) is 9.10. The Bertz CT molecular complexity index is 673. The molecule has 3 rings (SSSR count). The van der Waals surface area contributed by atoms with Crippen LogP contribution in [0.25, 0.3) is 0 Å². The lowest BCUT2D eigenvalue weighted by Gasteiger charge is -2.46. The Morgan fingerprint density at radius 3 is 1.88 bits per heavy atom. The van der Waals surface area contributed by atoms with Gasteiger partial charge in [-0.1, -0.05) is 84.9 Å². The molecule has 0 bridgehead atoms. The van der Waals surface area contributed by atoms with E-state index >= 15 is 0 Å². The molecule has 1 heterocycles. The molecule has 1 fully saturated rings. The lowest BCUT2D eigenvalue weighted by molar-refractivity contribution is -0.139. The normalized spacial score (nSPS) is 20.3. The van der Waals surface area contributed by atoms with Gasteiger partial charge in [0.15, 0.2) is 5.79 Å². The first kappa shape index (κ1) is 19.3. The first-order valence-electron chi connectivity index (χ1n) is 9.34. The second-order valence-corrected chi connectivity index (χ2v) is 13.0. The lowest BCUT2D eigenvalue weighted by atomic mass is 10.1. The molecule has 140 valence electrons. The Morgan fingerprint density at radius 2 is 1.50 bits per heavy atom. The number of rotatable bonds is 6. The van der Waals surface area contributed by atoms with Crippen LogP contribution in [0.5, 0.6) is 0 Å². The van der Waals surface area contributed by atoms with Crippen molar-refractivity contribution in [2.45, 2.75) is 51.0 Å². The molecular weight excluding hydrogens is 340 g/mol. The van der Waals surface area contributed by atoms with Gasteiger partial charge >= 0.3 is 0 Å². The molecule has 1 unspecified atom stereocenters. The van der Waals surface area contributed by atoms with Crippen LogP contribution in [0.3, 0.4) is 0 Å². The van der Waals surface area contributed by atoms with E-state index in [0.717, 1.165) is 6.42 Å². The molecule has 0 spiro atoms. The molecule has 2 aromatic rings. The summed E-state index contributed by atoms with van der Waals surface area (Å²) in [6, 6.07) is 21.1. The average Bonchev–Trinajstić information content (AvgIpc) is 2.95. The van der Waals surface area contributed by atoms with Crippen LogP contribution in [0.1, 0.15) is 34.1 Å². The molecule has 0 aliphatic carbocycles. The van der Waals surface area contributed by atoms with Gasteiger partial charge in [-0.3, -0.25) is 0 Å². The van der Waals surface area contributed by atoms with Crippen molar-refractivity contribution in [1.82, 2.24) is 0 Å². The summed E-state index contributed by atoms with van der Waals surface area (Å²) in [7, 11) is -2.44. The van der Waals surface area contributed by atoms with Crippen molar-refractivity contribution in [2.75, 3.05) is 12.8 Å². The van der Waals surface area contributed by atoms with E-state index in [4.69, 9.17) is 9.47 Å². The average molecular weight is 371 g/mol. The van der Waals surface area contributed by atoms with Crippen molar-refractivity contribution in [3.8, 4) is 0 Å². The van der Waals surface area contributed by atoms with Crippen molar-refractivity contribution in [2.24, 2.45) is 0 Å². The third-order valence-corrected chi connectivity index (χ3v) is 11.4. The number of aliphatic hydroxyl groups is 1. The summed E-state index contributed by atoms with van der Waals surface area (Å²) in [5, 5.41) is 13.2. The highest BCUT2D eigenvalue weighted by molar-refractivity contribution is 7.04. The van der Waals surface area contributed by atoms with Crippen LogP contribution in [-0.4, -0.2) is 37.9 Å². The Hall–Kier alpha value is -1.46. The van der Waals surface area contributed by atoms with Gasteiger partial charge in [0.2, 0.25) is 0 Å². The standard InChI is InChI=1S/C22H30O3Si/c1-21(2,15-18-16-24-22(3,4)25-18)26(17-23,19-11-7-5-8-12-19)20-13-9-6-10-14-20/h5-14,18,23H,15-17H2,1-4H3. The molecule has 1 saturated heterocycles. The van der Waals surface area contributed by atoms with Gasteiger partial charge in [0.25, 0.3) is 0 Å². The molecule has 0 amide bonds. The molecular formula is C22H30O3Si. The van der Waals surface area contributed by atoms with Gasteiger partial charge in [-0.2, -0.15) is 0 Å². The van der Waals surface area contributed by atoms with Gasteiger partial charge < -0.3 is 14.6 Å². The van der Waals surface area contributed by atoms with E-state index in [1.165, 1.54) is 10.4 Å². The molecule has 0 aromatic heterocycles. The van der Waals surface area contributed by atoms with E-state index in [1.807, 2.05) is 26.0 Å². The highest BCUT2D eigenvalue weighted by Crippen LogP contribution is 2.43. The minimum absolute atomic E-state index is 0.0471. The molecule has 1 aliphatic heterocycles. The van der Waals surface area contributed by atoms with Crippen LogP contribution in [0, 0.1) is 0 Å². The lowest BCUT2D eigenvalue weighted by Crippen LogP contribution is -2.68. The summed E-state index contributed by atoms with van der Waals surface area (Å²) in [5.41, 5.74) is 0. The van der Waals surface area contributed by atoms with Gasteiger partial charge in [-0.15, -0.1) is 0 Å². The second kappa shape index (κ2) is 7.28. The SMILES string of the molecule is CC1(C)OCC(CC(C)(C)[Si](CO)(c2ccccc2)c2ccccc2)O1. The number of hydrogen-bond acceptors (Lipinski definition) is 3. The third-order valence-electron chi connectivity index (χ3n) is 5.73. The minimum atomic E-state index is -2.44. The number of benzene rings is 2. The third kappa shape index (κ3) is 3.51. The quantitative estimate of drug-likeness (QED) is 0.794. The maximum absolute atomic E-state index is 10.8. The van der Waals surface area contributed by atoms with Gasteiger partial charge in [0, 0.05) is 6.23 Å². The van der Waals surface area contributed by atoms with Crippen molar-refractivity contribution >= 4 is 18.4 Å². The van der Waals surface area contributed by atoms with Crippen molar-refractivity contribution in [1.29, 1.82) is 0 Å². The zero-order chi connectivity index (χ0) is 18.8. The van der Waals surface area contributed by atoms with Gasteiger partial charge in [0.1, 0.15) is 8.07 Å². The van der Waals surface area contributed by atoms with Crippen LogP contribution < -0.4 is 10.4 Å². The summed E-state index contributed by atoms with van der Waals surface area (Å²) >= 11 is 0. The Morgan fingerprint density at radius 1 is 1.00 bits per heavy atom. The van der Waals surface area contributed by atoms with Crippen molar-refractivity contribution in [3.05, 3.63) is 60.7 Å². The van der Waals surface area contributed by atoms with Crippen molar-refractivity contribution < 1.29 is 14.6 Å². The molecule has 4 heteroatoms. The first-order valence-corrected chi connectivity index (χ1v) is 11.6. The van der Waals surface area contributed by atoms with E-state index in [-0.39, 0.29) is 17.4 Å². The van der Waals surface area contributed by atoms with Crippen LogP contribution in [0.15, 0.2) is 60.7 Å². The number of hydrogen-bond donors (Lipinski definition) is 1. The minimum Gasteiger partial charge on any atom is -0.399 e. The van der Waals surface area contributed by atoms with Crippen LogP contribution >= 0.6 is 0 Å². The molecule has 2 aromatic carbocycles. The van der Waals surface area contributed by atoms with E-state index < -0.39 is 13.9 Å². The fourth-order valence-electron chi connectivity index (χ4n) is 4.40. The highest BCUT2D eigenvalue weighted by atomic mass is 28.3. The molecule has 1 atom stereocenters. The van der Waals surface area contributed by atoms with Crippen molar-refractivity contribution in [3.63, 3.8) is 0 Å². The van der Waals surface area contributed by atoms with Gasteiger partial charge in [0.05, 0.1) is 12.7 Å². The van der Waals surface area contributed by atoms with Crippen LogP contribution in [-0.2, 0) is 9.47 Å². The van der Waals surface area contributed by atoms with Crippen LogP contribution in [0.2, 0.25) is 5.04 Å². The Labute approximate surface area is 158 Å². The summed E-state index contributed by atoms with van der Waals surface area (Å²) in [4.78, 5) is 0. The molecule has 0 saturated carbocycles. The first-order chi connectivity index (χ1) is 12.3. The largest absolute Gasteiger partial charge is 0.399 e. The molecule has 1 aliphatic rings. The summed E-state index contributed by atoms with van der Waals surface area (Å²) < 4.78 is 11.9. The topological polar surface area (TPSA) is 38.7 Å². The van der Waals surface area contributed by atoms with E-state index in [1.54, 1.807) is 0 Å². The fraction of sp³-hybridized carbons (Fsp3) is 0.455. The van der Waals surface area contributed by atoms with E-state index in [2.05, 4.69) is 62.4 Å². The monoisotopic (exact) mass is 370 g/mol. The van der Waals surface area contributed by atoms with Crippen LogP contribution in [0.4, 0.5) is 0 Å². The molecule has 1 N–H and O–H groups in total. The van der Waals surface area contributed by atoms with E-state index in [9.17, 15) is 5.11 Å². The Kier molecular flexibility index (Phi) is 5.40.